The number of H-pyrrole nitrogens is 1. The van der Waals surface area contributed by atoms with Crippen LogP contribution in [0.15, 0.2) is 101 Å². The third kappa shape index (κ3) is 3.63. The predicted octanol–water partition coefficient (Wildman–Crippen LogP) is 6.50. The molecule has 6 rings (SSSR count). The number of nitrogens with one attached hydrogen (secondary N) is 1. The van der Waals surface area contributed by atoms with Crippen LogP contribution in [0.1, 0.15) is 27.2 Å². The number of fused-ring (bicyclic) bond motifs is 2. The Morgan fingerprint density at radius 2 is 1.62 bits per heavy atom. The van der Waals surface area contributed by atoms with E-state index >= 15 is 0 Å². The van der Waals surface area contributed by atoms with Crippen LogP contribution in [-0.4, -0.2) is 20.9 Å². The molecule has 6 aromatic rings. The zero-order chi connectivity index (χ0) is 23.1. The molecule has 4 aromatic carbocycles. The van der Waals surface area contributed by atoms with Crippen LogP contribution >= 0.6 is 0 Å². The van der Waals surface area contributed by atoms with E-state index in [4.69, 9.17) is 4.42 Å². The minimum Gasteiger partial charge on any atom is -0.507 e. The normalized spacial score (nSPS) is 11.3. The van der Waals surface area contributed by atoms with E-state index in [0.717, 1.165) is 27.5 Å². The lowest BCUT2D eigenvalue weighted by Crippen LogP contribution is -1.98. The molecule has 0 saturated heterocycles. The number of para-hydroxylation sites is 2. The summed E-state index contributed by atoms with van der Waals surface area (Å²) in [6, 6.07) is 30.2. The Kier molecular flexibility index (Phi) is 4.73. The van der Waals surface area contributed by atoms with Gasteiger partial charge in [0.2, 0.25) is 5.78 Å². The number of aromatic hydroxyl groups is 1. The van der Waals surface area contributed by atoms with Gasteiger partial charge in [0.15, 0.2) is 5.76 Å². The van der Waals surface area contributed by atoms with Crippen LogP contribution in [0.25, 0.3) is 33.4 Å². The first-order valence-electron chi connectivity index (χ1n) is 11.0. The number of carbonyl (C=O) groups excluding carboxylic acids is 1. The van der Waals surface area contributed by atoms with Gasteiger partial charge in [0.1, 0.15) is 17.2 Å². The molecule has 0 bridgehead atoms. The SMILES string of the molecule is O=C(c1ccccc1)c1cc2cc(Cc3ccc(O)c(-c4nc5ccccc5[nH]4)c3)ccc2o1. The maximum absolute atomic E-state index is 12.7. The van der Waals surface area contributed by atoms with Gasteiger partial charge in [-0.25, -0.2) is 4.98 Å². The monoisotopic (exact) mass is 444 g/mol. The standard InChI is InChI=1S/C29H20N2O3/c32-25-12-10-19(16-22(25)29-30-23-8-4-5-9-24(23)31-29)14-18-11-13-26-21(15-18)17-27(34-26)28(33)20-6-2-1-3-7-20/h1-13,15-17,32H,14H2,(H,30,31). The number of benzene rings is 4. The number of imidazole rings is 1. The first-order valence-corrected chi connectivity index (χ1v) is 11.0. The van der Waals surface area contributed by atoms with E-state index in [1.54, 1.807) is 24.3 Å². The maximum Gasteiger partial charge on any atom is 0.228 e. The van der Waals surface area contributed by atoms with Gasteiger partial charge in [-0.05, 0) is 60.0 Å². The lowest BCUT2D eigenvalue weighted by molar-refractivity contribution is 0.101. The molecule has 0 saturated carbocycles. The van der Waals surface area contributed by atoms with Crippen molar-refractivity contribution in [2.24, 2.45) is 0 Å². The summed E-state index contributed by atoms with van der Waals surface area (Å²) >= 11 is 0. The zero-order valence-electron chi connectivity index (χ0n) is 18.2. The Morgan fingerprint density at radius 3 is 2.47 bits per heavy atom. The van der Waals surface area contributed by atoms with Crippen molar-refractivity contribution in [2.45, 2.75) is 6.42 Å². The number of furan rings is 1. The second-order valence-electron chi connectivity index (χ2n) is 8.31. The highest BCUT2D eigenvalue weighted by Crippen LogP contribution is 2.31. The molecule has 0 radical (unpaired) electrons. The number of hydrogen-bond donors (Lipinski definition) is 2. The summed E-state index contributed by atoms with van der Waals surface area (Å²) in [7, 11) is 0. The van der Waals surface area contributed by atoms with Gasteiger partial charge in [-0.3, -0.25) is 4.79 Å². The molecular weight excluding hydrogens is 424 g/mol. The van der Waals surface area contributed by atoms with Crippen molar-refractivity contribution >= 4 is 27.8 Å². The fourth-order valence-corrected chi connectivity index (χ4v) is 4.25. The van der Waals surface area contributed by atoms with Crippen molar-refractivity contribution in [3.8, 4) is 17.1 Å². The van der Waals surface area contributed by atoms with Crippen molar-refractivity contribution in [1.82, 2.24) is 9.97 Å². The van der Waals surface area contributed by atoms with E-state index in [1.165, 1.54) is 0 Å². The van der Waals surface area contributed by atoms with Gasteiger partial charge in [-0.1, -0.05) is 54.6 Å². The first-order chi connectivity index (χ1) is 16.6. The van der Waals surface area contributed by atoms with Gasteiger partial charge < -0.3 is 14.5 Å². The van der Waals surface area contributed by atoms with Crippen molar-refractivity contribution in [3.05, 3.63) is 120 Å². The van der Waals surface area contributed by atoms with Gasteiger partial charge in [0, 0.05) is 10.9 Å². The highest BCUT2D eigenvalue weighted by molar-refractivity contribution is 6.09. The number of aromatic amines is 1. The van der Waals surface area contributed by atoms with E-state index in [9.17, 15) is 9.90 Å². The molecule has 0 fully saturated rings. The fraction of sp³-hybridized carbons (Fsp3) is 0.0345. The van der Waals surface area contributed by atoms with Gasteiger partial charge in [0.05, 0.1) is 16.6 Å². The Labute approximate surface area is 195 Å². The number of hydrogen-bond acceptors (Lipinski definition) is 4. The maximum atomic E-state index is 12.7. The second-order valence-corrected chi connectivity index (χ2v) is 8.31. The molecule has 0 unspecified atom stereocenters. The van der Waals surface area contributed by atoms with Crippen LogP contribution in [0.5, 0.6) is 5.75 Å². The Bertz CT molecular complexity index is 1630. The Hall–Kier alpha value is -4.64. The summed E-state index contributed by atoms with van der Waals surface area (Å²) in [4.78, 5) is 20.6. The molecule has 2 aromatic heterocycles. The van der Waals surface area contributed by atoms with Gasteiger partial charge in [0.25, 0.3) is 0 Å². The molecule has 0 spiro atoms. The third-order valence-electron chi connectivity index (χ3n) is 5.95. The number of nitrogens with zero attached hydrogens (tertiary/aromatic N) is 1. The summed E-state index contributed by atoms with van der Waals surface area (Å²) in [5.74, 6) is 1.01. The molecule has 0 atom stereocenters. The number of phenolic OH excluding ortho intramolecular Hbond substituents is 1. The zero-order valence-corrected chi connectivity index (χ0v) is 18.2. The number of rotatable bonds is 5. The van der Waals surface area contributed by atoms with Crippen LogP contribution in [0.2, 0.25) is 0 Å². The highest BCUT2D eigenvalue weighted by atomic mass is 16.3. The topological polar surface area (TPSA) is 79.1 Å². The molecule has 34 heavy (non-hydrogen) atoms. The van der Waals surface area contributed by atoms with E-state index in [0.29, 0.717) is 34.7 Å². The second kappa shape index (κ2) is 8.05. The quantitative estimate of drug-likeness (QED) is 0.297. The van der Waals surface area contributed by atoms with E-state index < -0.39 is 0 Å². The van der Waals surface area contributed by atoms with Gasteiger partial charge in [-0.2, -0.15) is 0 Å². The number of aromatic nitrogens is 2. The predicted molar refractivity (Wildman–Crippen MR) is 132 cm³/mol. The summed E-state index contributed by atoms with van der Waals surface area (Å²) in [6.45, 7) is 0. The molecule has 5 nitrogen and oxygen atoms in total. The van der Waals surface area contributed by atoms with E-state index in [1.807, 2.05) is 72.8 Å². The lowest BCUT2D eigenvalue weighted by atomic mass is 10.0. The number of phenols is 1. The minimum atomic E-state index is -0.132. The molecule has 5 heteroatoms. The number of carbonyl (C=O) groups is 1. The van der Waals surface area contributed by atoms with E-state index in [2.05, 4.69) is 9.97 Å². The number of ketones is 1. The summed E-state index contributed by atoms with van der Waals surface area (Å²) < 4.78 is 5.82. The summed E-state index contributed by atoms with van der Waals surface area (Å²) in [5.41, 5.74) is 5.83. The molecule has 2 heterocycles. The van der Waals surface area contributed by atoms with Crippen molar-refractivity contribution in [1.29, 1.82) is 0 Å². The third-order valence-corrected chi connectivity index (χ3v) is 5.95. The summed E-state index contributed by atoms with van der Waals surface area (Å²) in [5, 5.41) is 11.3. The largest absolute Gasteiger partial charge is 0.507 e. The average molecular weight is 444 g/mol. The fourth-order valence-electron chi connectivity index (χ4n) is 4.25. The lowest BCUT2D eigenvalue weighted by Gasteiger charge is -2.07. The van der Waals surface area contributed by atoms with Gasteiger partial charge in [-0.15, -0.1) is 0 Å². The molecule has 2 N–H and O–H groups in total. The van der Waals surface area contributed by atoms with Crippen molar-refractivity contribution in [3.63, 3.8) is 0 Å². The van der Waals surface area contributed by atoms with Crippen LogP contribution < -0.4 is 0 Å². The van der Waals surface area contributed by atoms with Crippen LogP contribution in [-0.2, 0) is 6.42 Å². The first kappa shape index (κ1) is 20.0. The molecular formula is C29H20N2O3. The van der Waals surface area contributed by atoms with Crippen LogP contribution in [0.3, 0.4) is 0 Å². The van der Waals surface area contributed by atoms with Crippen LogP contribution in [0, 0.1) is 0 Å². The molecule has 0 aliphatic rings. The highest BCUT2D eigenvalue weighted by Gasteiger charge is 2.15. The molecule has 0 aliphatic heterocycles. The van der Waals surface area contributed by atoms with E-state index in [-0.39, 0.29) is 11.5 Å². The Morgan fingerprint density at radius 1 is 0.853 bits per heavy atom. The van der Waals surface area contributed by atoms with Crippen molar-refractivity contribution in [2.75, 3.05) is 0 Å². The molecule has 0 amide bonds. The molecule has 0 aliphatic carbocycles. The van der Waals surface area contributed by atoms with Crippen molar-refractivity contribution < 1.29 is 14.3 Å². The average Bonchev–Trinajstić information content (AvgIpc) is 3.49. The van der Waals surface area contributed by atoms with Gasteiger partial charge >= 0.3 is 0 Å². The minimum absolute atomic E-state index is 0.132. The smallest absolute Gasteiger partial charge is 0.228 e. The molecule has 164 valence electrons. The van der Waals surface area contributed by atoms with Crippen LogP contribution in [0.4, 0.5) is 0 Å². The Balaban J connectivity index is 1.30. The summed E-state index contributed by atoms with van der Waals surface area (Å²) in [6.07, 6.45) is 0.663.